The monoisotopic (exact) mass is 402 g/mol. The van der Waals surface area contributed by atoms with Gasteiger partial charge in [0.2, 0.25) is 0 Å². The van der Waals surface area contributed by atoms with Crippen molar-refractivity contribution in [2.45, 2.75) is 43.5 Å². The van der Waals surface area contributed by atoms with Gasteiger partial charge in [-0.15, -0.1) is 0 Å². The molecule has 0 amide bonds. The lowest BCUT2D eigenvalue weighted by atomic mass is 9.82. The summed E-state index contributed by atoms with van der Waals surface area (Å²) in [5.41, 5.74) is 1.82. The molecule has 0 spiro atoms. The van der Waals surface area contributed by atoms with Crippen molar-refractivity contribution in [3.63, 3.8) is 0 Å². The highest BCUT2D eigenvalue weighted by molar-refractivity contribution is 7.90. The molecule has 2 aromatic rings. The third-order valence-corrected chi connectivity index (χ3v) is 7.28. The molecule has 1 fully saturated rings. The summed E-state index contributed by atoms with van der Waals surface area (Å²) in [5, 5.41) is 10.2. The highest BCUT2D eigenvalue weighted by Gasteiger charge is 2.43. The first-order valence-electron chi connectivity index (χ1n) is 9.73. The Bertz CT molecular complexity index is 895. The zero-order valence-electron chi connectivity index (χ0n) is 16.9. The number of aromatic nitrogens is 1. The average Bonchev–Trinajstić information content (AvgIpc) is 3.13. The predicted molar refractivity (Wildman–Crippen MR) is 111 cm³/mol. The van der Waals surface area contributed by atoms with E-state index in [1.165, 1.54) is 6.26 Å². The molecule has 0 bridgehead atoms. The van der Waals surface area contributed by atoms with E-state index in [0.29, 0.717) is 4.90 Å². The van der Waals surface area contributed by atoms with Crippen LogP contribution in [0.2, 0.25) is 0 Å². The fourth-order valence-electron chi connectivity index (χ4n) is 4.02. The van der Waals surface area contributed by atoms with E-state index in [1.807, 2.05) is 30.5 Å². The Morgan fingerprint density at radius 3 is 2.46 bits per heavy atom. The maximum atomic E-state index is 11.6. The molecule has 28 heavy (non-hydrogen) atoms. The summed E-state index contributed by atoms with van der Waals surface area (Å²) in [5.74, 6) is 0. The Morgan fingerprint density at radius 1 is 1.18 bits per heavy atom. The van der Waals surface area contributed by atoms with E-state index in [0.717, 1.165) is 43.6 Å². The van der Waals surface area contributed by atoms with E-state index in [-0.39, 0.29) is 17.6 Å². The summed E-state index contributed by atoms with van der Waals surface area (Å²) in [7, 11) is -3.17. The van der Waals surface area contributed by atoms with E-state index < -0.39 is 9.84 Å². The Hall–Kier alpha value is -1.76. The molecule has 1 atom stereocenters. The van der Waals surface area contributed by atoms with Gasteiger partial charge in [0.1, 0.15) is 0 Å². The topological polar surface area (TPSA) is 70.5 Å². The molecule has 0 aliphatic carbocycles. The Kier molecular flexibility index (Phi) is 5.94. The number of aliphatic hydroxyl groups excluding tert-OH is 1. The molecule has 0 unspecified atom stereocenters. The molecule has 6 heteroatoms. The number of pyridine rings is 1. The minimum atomic E-state index is -3.17. The summed E-state index contributed by atoms with van der Waals surface area (Å²) < 4.78 is 23.2. The van der Waals surface area contributed by atoms with Crippen molar-refractivity contribution in [1.29, 1.82) is 0 Å². The van der Waals surface area contributed by atoms with Crippen molar-refractivity contribution in [1.82, 2.24) is 9.88 Å². The predicted octanol–water partition coefficient (Wildman–Crippen LogP) is 3.04. The van der Waals surface area contributed by atoms with E-state index in [2.05, 4.69) is 29.8 Å². The molecule has 5 nitrogen and oxygen atoms in total. The largest absolute Gasteiger partial charge is 0.396 e. The van der Waals surface area contributed by atoms with Crippen LogP contribution in [0, 0.1) is 5.41 Å². The van der Waals surface area contributed by atoms with Gasteiger partial charge >= 0.3 is 0 Å². The summed E-state index contributed by atoms with van der Waals surface area (Å²) in [6.07, 6.45) is 5.69. The highest BCUT2D eigenvalue weighted by Crippen LogP contribution is 2.40. The minimum Gasteiger partial charge on any atom is -0.396 e. The van der Waals surface area contributed by atoms with Gasteiger partial charge in [0, 0.05) is 31.0 Å². The van der Waals surface area contributed by atoms with Crippen LogP contribution in [0.25, 0.3) is 0 Å². The molecule has 1 N–H and O–H groups in total. The number of nitrogens with zero attached hydrogens (tertiary/aromatic N) is 2. The second-order valence-corrected chi connectivity index (χ2v) is 10.5. The van der Waals surface area contributed by atoms with Crippen LogP contribution in [-0.4, -0.2) is 49.4 Å². The fourth-order valence-corrected chi connectivity index (χ4v) is 4.65. The van der Waals surface area contributed by atoms with Crippen LogP contribution >= 0.6 is 0 Å². The van der Waals surface area contributed by atoms with E-state index in [4.69, 9.17) is 0 Å². The number of rotatable bonds is 7. The number of likely N-dealkylation sites (tertiary alicyclic amines) is 1. The molecule has 1 aliphatic rings. The first kappa shape index (κ1) is 21.0. The van der Waals surface area contributed by atoms with E-state index in [9.17, 15) is 13.5 Å². The molecule has 2 heterocycles. The van der Waals surface area contributed by atoms with Crippen LogP contribution in [0.1, 0.15) is 37.9 Å². The zero-order chi connectivity index (χ0) is 20.4. The fraction of sp³-hybridized carbons (Fsp3) is 0.500. The van der Waals surface area contributed by atoms with Crippen LogP contribution in [0.5, 0.6) is 0 Å². The Balaban J connectivity index is 1.68. The molecule has 1 saturated heterocycles. The van der Waals surface area contributed by atoms with Crippen LogP contribution in [-0.2, 0) is 21.8 Å². The average molecular weight is 403 g/mol. The molecule has 152 valence electrons. The molecule has 3 rings (SSSR count). The standard InChI is InChI=1S/C22H30N2O3S/c1-21(2,20-6-4-5-14-23-20)24-15-13-22(16-24,17-25)12-11-18-7-9-19(10-8-18)28(3,26)27/h4-10,14,25H,11-13,15-17H2,1-3H3/t22-/m1/s1. The molecule has 1 aromatic carbocycles. The lowest BCUT2D eigenvalue weighted by molar-refractivity contribution is 0.0854. The molecule has 1 aromatic heterocycles. The lowest BCUT2D eigenvalue weighted by Crippen LogP contribution is -2.42. The van der Waals surface area contributed by atoms with Crippen molar-refractivity contribution in [3.05, 3.63) is 59.9 Å². The van der Waals surface area contributed by atoms with Crippen molar-refractivity contribution in [3.8, 4) is 0 Å². The number of sulfone groups is 1. The van der Waals surface area contributed by atoms with Gasteiger partial charge in [-0.2, -0.15) is 0 Å². The van der Waals surface area contributed by atoms with Crippen molar-refractivity contribution in [2.24, 2.45) is 5.41 Å². The van der Waals surface area contributed by atoms with Gasteiger partial charge in [0.05, 0.1) is 16.1 Å². The number of aliphatic hydroxyl groups is 1. The number of benzene rings is 1. The zero-order valence-corrected chi connectivity index (χ0v) is 17.7. The van der Waals surface area contributed by atoms with Crippen LogP contribution in [0.15, 0.2) is 53.6 Å². The second-order valence-electron chi connectivity index (χ2n) is 8.52. The quantitative estimate of drug-likeness (QED) is 0.771. The Morgan fingerprint density at radius 2 is 1.89 bits per heavy atom. The van der Waals surface area contributed by atoms with Gasteiger partial charge < -0.3 is 5.11 Å². The number of hydrogen-bond donors (Lipinski definition) is 1. The first-order chi connectivity index (χ1) is 13.2. The van der Waals surface area contributed by atoms with Gasteiger partial charge in [-0.05, 0) is 69.5 Å². The van der Waals surface area contributed by atoms with Gasteiger partial charge in [-0.25, -0.2) is 8.42 Å². The number of aryl methyl sites for hydroxylation is 1. The highest BCUT2D eigenvalue weighted by atomic mass is 32.2. The van der Waals surface area contributed by atoms with Crippen LogP contribution in [0.3, 0.4) is 0 Å². The van der Waals surface area contributed by atoms with Gasteiger partial charge in [0.25, 0.3) is 0 Å². The molecule has 0 saturated carbocycles. The van der Waals surface area contributed by atoms with Gasteiger partial charge in [-0.1, -0.05) is 18.2 Å². The van der Waals surface area contributed by atoms with E-state index in [1.54, 1.807) is 12.1 Å². The molecule has 0 radical (unpaired) electrons. The maximum absolute atomic E-state index is 11.6. The van der Waals surface area contributed by atoms with Crippen molar-refractivity contribution < 1.29 is 13.5 Å². The lowest BCUT2D eigenvalue weighted by Gasteiger charge is -2.37. The first-order valence-corrected chi connectivity index (χ1v) is 11.6. The molecular weight excluding hydrogens is 372 g/mol. The van der Waals surface area contributed by atoms with Gasteiger partial charge in [0.15, 0.2) is 9.84 Å². The van der Waals surface area contributed by atoms with Crippen LogP contribution < -0.4 is 0 Å². The summed E-state index contributed by atoms with van der Waals surface area (Å²) in [6, 6.07) is 13.1. The smallest absolute Gasteiger partial charge is 0.175 e. The summed E-state index contributed by atoms with van der Waals surface area (Å²) >= 11 is 0. The summed E-state index contributed by atoms with van der Waals surface area (Å²) in [4.78, 5) is 7.30. The maximum Gasteiger partial charge on any atom is 0.175 e. The van der Waals surface area contributed by atoms with Crippen molar-refractivity contribution >= 4 is 9.84 Å². The number of hydrogen-bond acceptors (Lipinski definition) is 5. The molecule has 1 aliphatic heterocycles. The van der Waals surface area contributed by atoms with Gasteiger partial charge in [-0.3, -0.25) is 9.88 Å². The Labute approximate surface area is 168 Å². The normalized spacial score (nSPS) is 21.1. The van der Waals surface area contributed by atoms with Crippen LogP contribution in [0.4, 0.5) is 0 Å². The van der Waals surface area contributed by atoms with Crippen molar-refractivity contribution in [2.75, 3.05) is 26.0 Å². The molecular formula is C22H30N2O3S. The SMILES string of the molecule is CC(C)(c1ccccn1)N1CC[C@](CO)(CCc2ccc(S(C)(=O)=O)cc2)C1. The summed E-state index contributed by atoms with van der Waals surface area (Å²) in [6.45, 7) is 6.29. The van der Waals surface area contributed by atoms with E-state index >= 15 is 0 Å². The third kappa shape index (κ3) is 4.45. The minimum absolute atomic E-state index is 0.137. The second kappa shape index (κ2) is 7.93. The third-order valence-electron chi connectivity index (χ3n) is 6.15.